The van der Waals surface area contributed by atoms with Crippen LogP contribution in [0, 0.1) is 6.92 Å². The van der Waals surface area contributed by atoms with Gasteiger partial charge in [-0.3, -0.25) is 0 Å². The van der Waals surface area contributed by atoms with Gasteiger partial charge in [0, 0.05) is 23.0 Å². The van der Waals surface area contributed by atoms with E-state index in [4.69, 9.17) is 16.7 Å². The Morgan fingerprint density at radius 2 is 2.12 bits per heavy atom. The Morgan fingerprint density at radius 1 is 1.41 bits per heavy atom. The number of anilines is 1. The molecule has 6 heteroatoms. The molecule has 0 fully saturated rings. The maximum Gasteiger partial charge on any atom is 0.329 e. The van der Waals surface area contributed by atoms with Crippen molar-refractivity contribution in [2.45, 2.75) is 6.92 Å². The smallest absolute Gasteiger partial charge is 0.329 e. The minimum absolute atomic E-state index is 0.506. The molecule has 0 spiro atoms. The highest BCUT2D eigenvalue weighted by Crippen LogP contribution is 2.19. The summed E-state index contributed by atoms with van der Waals surface area (Å²) in [6.45, 7) is 1.82. The van der Waals surface area contributed by atoms with Crippen LogP contribution in [0.3, 0.4) is 0 Å². The van der Waals surface area contributed by atoms with E-state index in [1.54, 1.807) is 18.2 Å². The van der Waals surface area contributed by atoms with Gasteiger partial charge in [0.2, 0.25) is 0 Å². The predicted octanol–water partition coefficient (Wildman–Crippen LogP) is 2.37. The molecule has 0 radical (unpaired) electrons. The molecule has 0 saturated carbocycles. The van der Waals surface area contributed by atoms with Gasteiger partial charge in [0.15, 0.2) is 0 Å². The number of nitrogens with one attached hydrogen (secondary N) is 2. The number of urea groups is 1. The monoisotopic (exact) mass is 254 g/mol. The van der Waals surface area contributed by atoms with Crippen LogP contribution in [-0.4, -0.2) is 17.1 Å². The van der Waals surface area contributed by atoms with Crippen LogP contribution in [0.5, 0.6) is 0 Å². The molecule has 1 aromatic carbocycles. The minimum atomic E-state index is -1.13. The number of benzene rings is 1. The highest BCUT2D eigenvalue weighted by molar-refractivity contribution is 6.31. The van der Waals surface area contributed by atoms with Crippen molar-refractivity contribution in [2.75, 3.05) is 5.32 Å². The fourth-order valence-corrected chi connectivity index (χ4v) is 1.25. The zero-order valence-corrected chi connectivity index (χ0v) is 9.78. The van der Waals surface area contributed by atoms with Crippen LogP contribution in [0.25, 0.3) is 0 Å². The molecule has 0 unspecified atom stereocenters. The summed E-state index contributed by atoms with van der Waals surface area (Å²) in [4.78, 5) is 21.5. The Balaban J connectivity index is 2.62. The van der Waals surface area contributed by atoms with E-state index in [2.05, 4.69) is 10.6 Å². The molecular formula is C11H11ClN2O3. The van der Waals surface area contributed by atoms with E-state index in [-0.39, 0.29) is 0 Å². The van der Waals surface area contributed by atoms with Crippen molar-refractivity contribution in [3.8, 4) is 0 Å². The van der Waals surface area contributed by atoms with E-state index in [9.17, 15) is 9.59 Å². The second-order valence-corrected chi connectivity index (χ2v) is 3.67. The highest BCUT2D eigenvalue weighted by atomic mass is 35.5. The van der Waals surface area contributed by atoms with E-state index < -0.39 is 12.0 Å². The summed E-state index contributed by atoms with van der Waals surface area (Å²) in [6, 6.07) is 4.56. The fraction of sp³-hybridized carbons (Fsp3) is 0.0909. The standard InChI is InChI=1S/C11H11ClN2O3/c1-7-2-3-8(12)6-9(7)14-11(17)13-5-4-10(15)16/h2-6H,1H3,(H,15,16)(H2,13,14,17)/b5-4+. The number of halogens is 1. The average Bonchev–Trinajstić information content (AvgIpc) is 2.23. The van der Waals surface area contributed by atoms with Gasteiger partial charge in [0.05, 0.1) is 0 Å². The van der Waals surface area contributed by atoms with Crippen LogP contribution in [0.4, 0.5) is 10.5 Å². The van der Waals surface area contributed by atoms with Gasteiger partial charge in [-0.1, -0.05) is 17.7 Å². The topological polar surface area (TPSA) is 78.4 Å². The summed E-state index contributed by atoms with van der Waals surface area (Å²) < 4.78 is 0. The Bertz CT molecular complexity index is 472. The average molecular weight is 255 g/mol. The van der Waals surface area contributed by atoms with Gasteiger partial charge in [0.1, 0.15) is 0 Å². The number of carboxylic acid groups (broad SMARTS) is 1. The molecule has 1 aromatic rings. The van der Waals surface area contributed by atoms with Crippen LogP contribution in [-0.2, 0) is 4.79 Å². The molecule has 3 N–H and O–H groups in total. The lowest BCUT2D eigenvalue weighted by Crippen LogP contribution is -2.24. The first-order chi connectivity index (χ1) is 7.99. The number of amides is 2. The molecule has 1 rings (SSSR count). The van der Waals surface area contributed by atoms with Crippen LogP contribution >= 0.6 is 11.6 Å². The predicted molar refractivity (Wildman–Crippen MR) is 65.1 cm³/mol. The minimum Gasteiger partial charge on any atom is -0.478 e. The summed E-state index contributed by atoms with van der Waals surface area (Å²) in [5.74, 6) is -1.13. The van der Waals surface area contributed by atoms with Gasteiger partial charge in [-0.05, 0) is 24.6 Å². The van der Waals surface area contributed by atoms with E-state index in [0.717, 1.165) is 17.8 Å². The summed E-state index contributed by atoms with van der Waals surface area (Å²) in [6.07, 6.45) is 1.86. The van der Waals surface area contributed by atoms with Crippen molar-refractivity contribution in [3.05, 3.63) is 41.1 Å². The van der Waals surface area contributed by atoms with Gasteiger partial charge in [-0.15, -0.1) is 0 Å². The number of aliphatic carboxylic acids is 1. The fourth-order valence-electron chi connectivity index (χ4n) is 1.08. The number of carbonyl (C=O) groups excluding carboxylic acids is 1. The molecule has 5 nitrogen and oxygen atoms in total. The third-order valence-electron chi connectivity index (χ3n) is 1.89. The van der Waals surface area contributed by atoms with Crippen molar-refractivity contribution in [1.82, 2.24) is 5.32 Å². The first-order valence-corrected chi connectivity index (χ1v) is 5.10. The molecule has 17 heavy (non-hydrogen) atoms. The number of hydrogen-bond donors (Lipinski definition) is 3. The van der Waals surface area contributed by atoms with Crippen molar-refractivity contribution in [3.63, 3.8) is 0 Å². The molecule has 90 valence electrons. The van der Waals surface area contributed by atoms with Gasteiger partial charge < -0.3 is 15.7 Å². The molecular weight excluding hydrogens is 244 g/mol. The third kappa shape index (κ3) is 4.56. The van der Waals surface area contributed by atoms with Crippen LogP contribution in [0.2, 0.25) is 5.02 Å². The molecule has 0 atom stereocenters. The van der Waals surface area contributed by atoms with Crippen molar-refractivity contribution in [2.24, 2.45) is 0 Å². The van der Waals surface area contributed by atoms with E-state index >= 15 is 0 Å². The highest BCUT2D eigenvalue weighted by Gasteiger charge is 2.03. The Morgan fingerprint density at radius 3 is 2.76 bits per heavy atom. The number of carboxylic acids is 1. The SMILES string of the molecule is Cc1ccc(Cl)cc1NC(=O)N/C=C/C(=O)O. The summed E-state index contributed by atoms with van der Waals surface area (Å²) >= 11 is 5.78. The third-order valence-corrected chi connectivity index (χ3v) is 2.12. The first-order valence-electron chi connectivity index (χ1n) is 4.72. The molecule has 0 aliphatic rings. The normalized spacial score (nSPS) is 10.2. The van der Waals surface area contributed by atoms with E-state index in [1.807, 2.05) is 6.92 Å². The number of carbonyl (C=O) groups is 2. The summed E-state index contributed by atoms with van der Waals surface area (Å²) in [5.41, 5.74) is 1.42. The lowest BCUT2D eigenvalue weighted by molar-refractivity contribution is -0.131. The number of hydrogen-bond acceptors (Lipinski definition) is 2. The zero-order chi connectivity index (χ0) is 12.8. The molecule has 0 aromatic heterocycles. The molecule has 2 amide bonds. The number of aryl methyl sites for hydroxylation is 1. The largest absolute Gasteiger partial charge is 0.478 e. The first kappa shape index (κ1) is 13.1. The van der Waals surface area contributed by atoms with Gasteiger partial charge in [0.25, 0.3) is 0 Å². The second-order valence-electron chi connectivity index (χ2n) is 3.23. The number of rotatable bonds is 3. The summed E-state index contributed by atoms with van der Waals surface area (Å²) in [7, 11) is 0. The van der Waals surface area contributed by atoms with Crippen LogP contribution in [0.1, 0.15) is 5.56 Å². The Labute approximate surface area is 103 Å². The van der Waals surface area contributed by atoms with E-state index in [0.29, 0.717) is 10.7 Å². The Kier molecular flexibility index (Phi) is 4.54. The molecule has 0 saturated heterocycles. The van der Waals surface area contributed by atoms with Gasteiger partial charge in [-0.2, -0.15) is 0 Å². The van der Waals surface area contributed by atoms with E-state index in [1.165, 1.54) is 0 Å². The van der Waals surface area contributed by atoms with Crippen LogP contribution < -0.4 is 10.6 Å². The summed E-state index contributed by atoms with van der Waals surface area (Å²) in [5, 5.41) is 13.6. The lowest BCUT2D eigenvalue weighted by Gasteiger charge is -2.07. The molecule has 0 heterocycles. The van der Waals surface area contributed by atoms with Crippen molar-refractivity contribution in [1.29, 1.82) is 0 Å². The van der Waals surface area contributed by atoms with Crippen molar-refractivity contribution < 1.29 is 14.7 Å². The van der Waals surface area contributed by atoms with Gasteiger partial charge >= 0.3 is 12.0 Å². The maximum absolute atomic E-state index is 11.3. The lowest BCUT2D eigenvalue weighted by atomic mass is 10.2. The van der Waals surface area contributed by atoms with Gasteiger partial charge in [-0.25, -0.2) is 9.59 Å². The molecule has 0 aliphatic carbocycles. The molecule has 0 bridgehead atoms. The van der Waals surface area contributed by atoms with Crippen LogP contribution in [0.15, 0.2) is 30.5 Å². The molecule has 0 aliphatic heterocycles. The maximum atomic E-state index is 11.3. The van der Waals surface area contributed by atoms with Crippen molar-refractivity contribution >= 4 is 29.3 Å². The quantitative estimate of drug-likeness (QED) is 0.725. The Hall–Kier alpha value is -2.01. The second kappa shape index (κ2) is 5.91. The zero-order valence-electron chi connectivity index (χ0n) is 9.03.